The van der Waals surface area contributed by atoms with Gasteiger partial charge in [0.1, 0.15) is 0 Å². The summed E-state index contributed by atoms with van der Waals surface area (Å²) in [5.74, 6) is -5.25. The van der Waals surface area contributed by atoms with Gasteiger partial charge in [-0.1, -0.05) is 0 Å². The number of carbonyl (C=O) groups is 4. The van der Waals surface area contributed by atoms with Gasteiger partial charge < -0.3 is 10.2 Å². The third-order valence-electron chi connectivity index (χ3n) is 4.00. The summed E-state index contributed by atoms with van der Waals surface area (Å²) in [6.45, 7) is 3.58. The van der Waals surface area contributed by atoms with E-state index in [0.717, 1.165) is 43.3 Å². The Kier molecular flexibility index (Phi) is 13.1. The fourth-order valence-corrected chi connectivity index (χ4v) is 4.47. The molecule has 0 spiro atoms. The van der Waals surface area contributed by atoms with E-state index in [9.17, 15) is 36.9 Å². The van der Waals surface area contributed by atoms with Gasteiger partial charge in [0.05, 0.1) is 0 Å². The zero-order chi connectivity index (χ0) is 30.0. The van der Waals surface area contributed by atoms with Crippen LogP contribution in [0.2, 0.25) is 0 Å². The number of carboxylic acid groups (broad SMARTS) is 2. The third kappa shape index (κ3) is 12.6. The van der Waals surface area contributed by atoms with Gasteiger partial charge in [0.15, 0.2) is 5.92 Å². The molecule has 0 fully saturated rings. The van der Waals surface area contributed by atoms with Crippen LogP contribution >= 0.6 is 0 Å². The smallest absolute Gasteiger partial charge is 0.317 e. The number of carboxylic acids is 2. The Morgan fingerprint density at radius 1 is 0.684 bits per heavy atom. The molecule has 2 aromatic carbocycles. The van der Waals surface area contributed by atoms with Gasteiger partial charge in [-0.15, -0.1) is 0 Å². The summed E-state index contributed by atoms with van der Waals surface area (Å²) in [6, 6.07) is 6.64. The van der Waals surface area contributed by atoms with Crippen molar-refractivity contribution in [1.29, 1.82) is 0 Å². The van der Waals surface area contributed by atoms with Crippen molar-refractivity contribution in [3.05, 3.63) is 36.4 Å². The SMILES string of the molecule is CC(=O)Nc1cc([As](=O)(O)O)ccc1O.CC(=O)Nc1cc([As](=O)(O)O)ccc1O.CC(C(=O)O)C(=O)O. The number of aliphatic carboxylic acids is 2. The normalized spacial score (nSPS) is 10.7. The number of nitrogens with one attached hydrogen (secondary N) is 2. The molecule has 38 heavy (non-hydrogen) atoms. The standard InChI is InChI=1S/2C8H10AsNO5.C4H6O4/c2*1-5(11)10-7-4-6(9(13,14)15)2-3-8(7)12;1-2(3(5)6)4(7)8/h2*2-4,12H,1H3,(H,10,11)(H2,13,14,15);2H,1H3,(H,5,6)(H,7,8). The molecule has 2 aromatic rings. The van der Waals surface area contributed by atoms with Crippen LogP contribution in [0.25, 0.3) is 0 Å². The summed E-state index contributed by atoms with van der Waals surface area (Å²) in [7, 11) is 0. The predicted octanol–water partition coefficient (Wildman–Crippen LogP) is -2.39. The van der Waals surface area contributed by atoms with Crippen molar-refractivity contribution in [2.75, 3.05) is 10.6 Å². The minimum atomic E-state index is -4.98. The molecule has 2 rings (SSSR count). The van der Waals surface area contributed by atoms with E-state index in [2.05, 4.69) is 10.6 Å². The minimum absolute atomic E-state index is 0.00951. The number of aromatic hydroxyl groups is 2. The molecule has 0 aliphatic rings. The van der Waals surface area contributed by atoms with Gasteiger partial charge in [0, 0.05) is 0 Å². The Bertz CT molecular complexity index is 1190. The van der Waals surface area contributed by atoms with E-state index in [1.165, 1.54) is 13.8 Å². The molecule has 0 saturated carbocycles. The third-order valence-corrected chi connectivity index (χ3v) is 7.99. The maximum absolute atomic E-state index is 10.9. The monoisotopic (exact) mass is 668 g/mol. The Morgan fingerprint density at radius 2 is 0.974 bits per heavy atom. The number of benzene rings is 2. The van der Waals surface area contributed by atoms with Crippen LogP contribution in [-0.2, 0) is 26.7 Å². The van der Waals surface area contributed by atoms with E-state index in [4.69, 9.17) is 26.6 Å². The molecular formula is C20H26As2N2O14. The molecule has 210 valence electrons. The van der Waals surface area contributed by atoms with Crippen LogP contribution in [0.1, 0.15) is 20.8 Å². The Morgan fingerprint density at radius 3 is 1.16 bits per heavy atom. The first-order chi connectivity index (χ1) is 17.2. The van der Waals surface area contributed by atoms with Crippen LogP contribution in [0, 0.1) is 5.92 Å². The molecule has 18 heteroatoms. The van der Waals surface area contributed by atoms with Gasteiger partial charge in [0.2, 0.25) is 0 Å². The molecule has 0 heterocycles. The average Bonchev–Trinajstić information content (AvgIpc) is 2.74. The van der Waals surface area contributed by atoms with E-state index in [1.54, 1.807) is 0 Å². The van der Waals surface area contributed by atoms with Crippen LogP contribution in [0.4, 0.5) is 11.4 Å². The second-order valence-electron chi connectivity index (χ2n) is 7.25. The summed E-state index contributed by atoms with van der Waals surface area (Å²) in [4.78, 5) is 40.9. The molecule has 0 aliphatic heterocycles. The zero-order valence-electron chi connectivity index (χ0n) is 20.0. The van der Waals surface area contributed by atoms with Crippen molar-refractivity contribution in [3.63, 3.8) is 0 Å². The van der Waals surface area contributed by atoms with Gasteiger partial charge in [0.25, 0.3) is 0 Å². The van der Waals surface area contributed by atoms with Crippen LogP contribution in [0.5, 0.6) is 11.5 Å². The number of carbonyl (C=O) groups excluding carboxylic acids is 2. The number of phenols is 2. The largest absolute Gasteiger partial charge is 0.481 e. The van der Waals surface area contributed by atoms with Crippen LogP contribution < -0.4 is 19.3 Å². The maximum Gasteiger partial charge on any atom is 0.317 e. The summed E-state index contributed by atoms with van der Waals surface area (Å²) in [5, 5.41) is 39.0. The summed E-state index contributed by atoms with van der Waals surface area (Å²) < 4.78 is 57.2. The molecule has 2 amide bonds. The van der Waals surface area contributed by atoms with E-state index >= 15 is 0 Å². The maximum atomic E-state index is 10.9. The minimum Gasteiger partial charge on any atom is -0.481 e. The zero-order valence-corrected chi connectivity index (χ0v) is 23.7. The second-order valence-corrected chi connectivity index (χ2v) is 14.0. The summed E-state index contributed by atoms with van der Waals surface area (Å²) in [5.41, 5.74) is -0.0190. The van der Waals surface area contributed by atoms with E-state index in [0.29, 0.717) is 0 Å². The number of hydrogen-bond acceptors (Lipinski definition) is 8. The Labute approximate surface area is 220 Å². The summed E-state index contributed by atoms with van der Waals surface area (Å²) in [6.07, 6.45) is 0. The van der Waals surface area contributed by atoms with Crippen molar-refractivity contribution in [2.24, 2.45) is 5.92 Å². The molecule has 0 bridgehead atoms. The van der Waals surface area contributed by atoms with Crippen molar-refractivity contribution in [2.45, 2.75) is 20.8 Å². The molecule has 16 nitrogen and oxygen atoms in total. The van der Waals surface area contributed by atoms with Gasteiger partial charge in [-0.2, -0.15) is 0 Å². The van der Waals surface area contributed by atoms with Crippen molar-refractivity contribution < 1.29 is 63.5 Å². The first kappa shape index (κ1) is 34.5. The van der Waals surface area contributed by atoms with Crippen molar-refractivity contribution >= 4 is 72.2 Å². The first-order valence-electron chi connectivity index (χ1n) is 9.95. The number of hydrogen-bond donors (Lipinski definition) is 10. The molecule has 0 atom stereocenters. The number of anilines is 2. The Balaban J connectivity index is 0.000000569. The first-order valence-corrected chi connectivity index (χ1v) is 16.7. The van der Waals surface area contributed by atoms with Gasteiger partial charge in [-0.25, -0.2) is 0 Å². The van der Waals surface area contributed by atoms with Crippen molar-refractivity contribution in [3.8, 4) is 11.5 Å². The molecular weight excluding hydrogens is 642 g/mol. The van der Waals surface area contributed by atoms with E-state index < -0.39 is 58.0 Å². The molecule has 0 aliphatic carbocycles. The molecule has 0 saturated heterocycles. The predicted molar refractivity (Wildman–Crippen MR) is 130 cm³/mol. The molecule has 0 unspecified atom stereocenters. The topological polar surface area (TPSA) is 288 Å². The van der Waals surface area contributed by atoms with E-state index in [-0.39, 0.29) is 31.6 Å². The second kappa shape index (κ2) is 14.4. The summed E-state index contributed by atoms with van der Waals surface area (Å²) >= 11 is -9.97. The fourth-order valence-electron chi connectivity index (χ4n) is 2.10. The van der Waals surface area contributed by atoms with Gasteiger partial charge >= 0.3 is 188 Å². The number of rotatable bonds is 6. The molecule has 0 radical (unpaired) electrons. The van der Waals surface area contributed by atoms with Crippen LogP contribution in [0.3, 0.4) is 0 Å². The van der Waals surface area contributed by atoms with Crippen LogP contribution in [0.15, 0.2) is 36.4 Å². The average molecular weight is 668 g/mol. The van der Waals surface area contributed by atoms with E-state index in [1.807, 2.05) is 0 Å². The fraction of sp³-hybridized carbons (Fsp3) is 0.200. The quantitative estimate of drug-likeness (QED) is 0.0874. The van der Waals surface area contributed by atoms with Gasteiger partial charge in [-0.3, -0.25) is 9.59 Å². The Hall–Kier alpha value is -3.52. The number of amides is 2. The molecule has 10 N–H and O–H groups in total. The van der Waals surface area contributed by atoms with Gasteiger partial charge in [-0.05, 0) is 6.92 Å². The van der Waals surface area contributed by atoms with Crippen molar-refractivity contribution in [1.82, 2.24) is 0 Å². The van der Waals surface area contributed by atoms with Crippen LogP contribution in [-0.4, -0.2) is 88.9 Å². The molecule has 0 aromatic heterocycles. The number of phenolic OH excluding ortho intramolecular Hbond substituents is 2.